The second kappa shape index (κ2) is 10.5. The van der Waals surface area contributed by atoms with Gasteiger partial charge < -0.3 is 19.9 Å². The predicted octanol–water partition coefficient (Wildman–Crippen LogP) is 3.30. The Labute approximate surface area is 128 Å². The van der Waals surface area contributed by atoms with Crippen LogP contribution in [0.1, 0.15) is 51.1 Å². The predicted molar refractivity (Wildman–Crippen MR) is 86.1 cm³/mol. The fourth-order valence-corrected chi connectivity index (χ4v) is 2.12. The Bertz CT molecular complexity index is 396. The average Bonchev–Trinajstić information content (AvgIpc) is 2.52. The maximum absolute atomic E-state index is 8.74. The van der Waals surface area contributed by atoms with Crippen LogP contribution in [-0.4, -0.2) is 32.0 Å². The molecule has 0 heterocycles. The highest BCUT2D eigenvalue weighted by atomic mass is 16.5. The normalized spacial score (nSPS) is 12.2. The van der Waals surface area contributed by atoms with Gasteiger partial charge in [-0.25, -0.2) is 0 Å². The molecule has 0 radical (unpaired) electrons. The minimum Gasteiger partial charge on any atom is -0.493 e. The Morgan fingerprint density at radius 1 is 1.19 bits per heavy atom. The fraction of sp³-hybridized carbons (Fsp3) is 0.647. The lowest BCUT2D eigenvalue weighted by Crippen LogP contribution is -2.19. The number of rotatable bonds is 11. The topological polar surface area (TPSA) is 50.7 Å². The molecule has 0 spiro atoms. The highest BCUT2D eigenvalue weighted by Crippen LogP contribution is 2.30. The third-order valence-corrected chi connectivity index (χ3v) is 3.45. The van der Waals surface area contributed by atoms with Gasteiger partial charge in [-0.05, 0) is 56.8 Å². The first-order chi connectivity index (χ1) is 10.2. The van der Waals surface area contributed by atoms with Gasteiger partial charge in [-0.3, -0.25) is 0 Å². The molecule has 0 fully saturated rings. The molecule has 1 rings (SSSR count). The van der Waals surface area contributed by atoms with Gasteiger partial charge in [0.15, 0.2) is 11.5 Å². The van der Waals surface area contributed by atoms with E-state index in [-0.39, 0.29) is 6.61 Å². The molecule has 4 heteroatoms. The van der Waals surface area contributed by atoms with Crippen LogP contribution in [0, 0.1) is 0 Å². The van der Waals surface area contributed by atoms with Crippen molar-refractivity contribution in [1.82, 2.24) is 5.32 Å². The quantitative estimate of drug-likeness (QED) is 0.615. The number of benzene rings is 1. The van der Waals surface area contributed by atoms with Crippen LogP contribution in [0.5, 0.6) is 11.5 Å². The zero-order valence-electron chi connectivity index (χ0n) is 13.5. The minimum absolute atomic E-state index is 0.251. The van der Waals surface area contributed by atoms with E-state index in [9.17, 15) is 0 Å². The fourth-order valence-electron chi connectivity index (χ4n) is 2.12. The SMILES string of the molecule is CCCNC(C)c1ccc(OCCCCCO)c(OC)c1. The molecule has 0 saturated heterocycles. The van der Waals surface area contributed by atoms with E-state index >= 15 is 0 Å². The van der Waals surface area contributed by atoms with Gasteiger partial charge in [0.2, 0.25) is 0 Å². The van der Waals surface area contributed by atoms with E-state index in [1.54, 1.807) is 7.11 Å². The summed E-state index contributed by atoms with van der Waals surface area (Å²) >= 11 is 0. The Morgan fingerprint density at radius 3 is 2.67 bits per heavy atom. The van der Waals surface area contributed by atoms with Gasteiger partial charge in [-0.1, -0.05) is 13.0 Å². The summed E-state index contributed by atoms with van der Waals surface area (Å²) in [6.07, 6.45) is 3.88. The molecule has 0 aliphatic rings. The number of nitrogens with one attached hydrogen (secondary N) is 1. The number of aliphatic hydroxyl groups is 1. The summed E-state index contributed by atoms with van der Waals surface area (Å²) in [4.78, 5) is 0. The van der Waals surface area contributed by atoms with Gasteiger partial charge in [-0.15, -0.1) is 0 Å². The average molecular weight is 295 g/mol. The molecule has 0 amide bonds. The first kappa shape index (κ1) is 17.8. The highest BCUT2D eigenvalue weighted by molar-refractivity contribution is 5.43. The molecule has 21 heavy (non-hydrogen) atoms. The molecule has 0 aliphatic heterocycles. The molecular weight excluding hydrogens is 266 g/mol. The van der Waals surface area contributed by atoms with Crippen molar-refractivity contribution in [3.63, 3.8) is 0 Å². The van der Waals surface area contributed by atoms with Crippen LogP contribution in [0.3, 0.4) is 0 Å². The van der Waals surface area contributed by atoms with Crippen molar-refractivity contribution in [2.24, 2.45) is 0 Å². The number of hydrogen-bond donors (Lipinski definition) is 2. The zero-order valence-corrected chi connectivity index (χ0v) is 13.5. The lowest BCUT2D eigenvalue weighted by atomic mass is 10.1. The summed E-state index contributed by atoms with van der Waals surface area (Å²) in [5.41, 5.74) is 1.20. The Morgan fingerprint density at radius 2 is 2.00 bits per heavy atom. The first-order valence-electron chi connectivity index (χ1n) is 7.87. The van der Waals surface area contributed by atoms with Crippen molar-refractivity contribution >= 4 is 0 Å². The van der Waals surface area contributed by atoms with Crippen LogP contribution in [0.15, 0.2) is 18.2 Å². The second-order valence-electron chi connectivity index (χ2n) is 5.22. The Kier molecular flexibility index (Phi) is 8.87. The van der Waals surface area contributed by atoms with Crippen LogP contribution in [0.4, 0.5) is 0 Å². The number of hydrogen-bond acceptors (Lipinski definition) is 4. The first-order valence-corrected chi connectivity index (χ1v) is 7.87. The van der Waals surface area contributed by atoms with Crippen molar-refractivity contribution < 1.29 is 14.6 Å². The summed E-state index contributed by atoms with van der Waals surface area (Å²) in [6, 6.07) is 6.40. The van der Waals surface area contributed by atoms with Gasteiger partial charge in [0, 0.05) is 12.6 Å². The summed E-state index contributed by atoms with van der Waals surface area (Å²) in [7, 11) is 1.67. The van der Waals surface area contributed by atoms with E-state index in [4.69, 9.17) is 14.6 Å². The zero-order chi connectivity index (χ0) is 15.5. The molecule has 0 aliphatic carbocycles. The smallest absolute Gasteiger partial charge is 0.161 e. The Hall–Kier alpha value is -1.26. The third-order valence-electron chi connectivity index (χ3n) is 3.45. The van der Waals surface area contributed by atoms with Crippen molar-refractivity contribution in [2.75, 3.05) is 26.9 Å². The minimum atomic E-state index is 0.251. The molecule has 1 aromatic rings. The van der Waals surface area contributed by atoms with E-state index < -0.39 is 0 Å². The van der Waals surface area contributed by atoms with E-state index in [1.165, 1.54) is 5.56 Å². The molecule has 2 N–H and O–H groups in total. The van der Waals surface area contributed by atoms with Crippen LogP contribution < -0.4 is 14.8 Å². The van der Waals surface area contributed by atoms with Crippen LogP contribution in [0.25, 0.3) is 0 Å². The Balaban J connectivity index is 2.57. The lowest BCUT2D eigenvalue weighted by molar-refractivity contribution is 0.260. The van der Waals surface area contributed by atoms with E-state index in [0.29, 0.717) is 12.6 Å². The summed E-state index contributed by atoms with van der Waals surface area (Å²) in [5, 5.41) is 12.2. The maximum Gasteiger partial charge on any atom is 0.161 e. The molecule has 0 aromatic heterocycles. The number of aliphatic hydroxyl groups excluding tert-OH is 1. The van der Waals surface area contributed by atoms with Crippen LogP contribution >= 0.6 is 0 Å². The van der Waals surface area contributed by atoms with Crippen molar-refractivity contribution in [1.29, 1.82) is 0 Å². The van der Waals surface area contributed by atoms with Crippen molar-refractivity contribution in [3.8, 4) is 11.5 Å². The van der Waals surface area contributed by atoms with E-state index in [1.807, 2.05) is 12.1 Å². The van der Waals surface area contributed by atoms with Gasteiger partial charge in [0.1, 0.15) is 0 Å². The van der Waals surface area contributed by atoms with Gasteiger partial charge in [0.25, 0.3) is 0 Å². The highest BCUT2D eigenvalue weighted by Gasteiger charge is 2.10. The number of unbranched alkanes of at least 4 members (excludes halogenated alkanes) is 2. The monoisotopic (exact) mass is 295 g/mol. The van der Waals surface area contributed by atoms with Crippen molar-refractivity contribution in [3.05, 3.63) is 23.8 Å². The molecule has 0 bridgehead atoms. The molecule has 1 atom stereocenters. The molecule has 120 valence electrons. The number of ether oxygens (including phenoxy) is 2. The maximum atomic E-state index is 8.74. The summed E-state index contributed by atoms with van der Waals surface area (Å²) in [6.45, 7) is 6.22. The second-order valence-corrected chi connectivity index (χ2v) is 5.22. The van der Waals surface area contributed by atoms with Crippen LogP contribution in [0.2, 0.25) is 0 Å². The van der Waals surface area contributed by atoms with E-state index in [0.717, 1.165) is 43.7 Å². The lowest BCUT2D eigenvalue weighted by Gasteiger charge is -2.17. The molecule has 0 saturated carbocycles. The molecule has 1 aromatic carbocycles. The van der Waals surface area contributed by atoms with Gasteiger partial charge in [-0.2, -0.15) is 0 Å². The molecule has 4 nitrogen and oxygen atoms in total. The summed E-state index contributed by atoms with van der Waals surface area (Å²) in [5.74, 6) is 1.56. The standard InChI is InChI=1S/C17H29NO3/c1-4-10-18-14(2)15-8-9-16(17(13-15)20-3)21-12-7-5-6-11-19/h8-9,13-14,18-19H,4-7,10-12H2,1-3H3. The van der Waals surface area contributed by atoms with Gasteiger partial charge >= 0.3 is 0 Å². The largest absolute Gasteiger partial charge is 0.493 e. The van der Waals surface area contributed by atoms with Crippen molar-refractivity contribution in [2.45, 2.75) is 45.6 Å². The number of methoxy groups -OCH3 is 1. The van der Waals surface area contributed by atoms with Gasteiger partial charge in [0.05, 0.1) is 13.7 Å². The van der Waals surface area contributed by atoms with Crippen LogP contribution in [-0.2, 0) is 0 Å². The van der Waals surface area contributed by atoms with E-state index in [2.05, 4.69) is 25.2 Å². The molecule has 1 unspecified atom stereocenters. The summed E-state index contributed by atoms with van der Waals surface area (Å²) < 4.78 is 11.2. The third kappa shape index (κ3) is 6.36. The molecular formula is C17H29NO3.